The molecule has 1 heterocycles. The summed E-state index contributed by atoms with van der Waals surface area (Å²) >= 11 is 0. The molecule has 0 unspecified atom stereocenters. The fourth-order valence-corrected chi connectivity index (χ4v) is 4.06. The number of carbonyl (C=O) groups excluding carboxylic acids is 1. The van der Waals surface area contributed by atoms with Gasteiger partial charge in [-0.1, -0.05) is 71.6 Å². The predicted octanol–water partition coefficient (Wildman–Crippen LogP) is 5.61. The van der Waals surface area contributed by atoms with Gasteiger partial charge in [-0.05, 0) is 19.8 Å². The molecule has 0 amide bonds. The van der Waals surface area contributed by atoms with Crippen molar-refractivity contribution < 1.29 is 14.6 Å². The number of ketones is 1. The van der Waals surface area contributed by atoms with Crippen molar-refractivity contribution >= 4 is 5.78 Å². The van der Waals surface area contributed by atoms with E-state index >= 15 is 0 Å². The zero-order valence-corrected chi connectivity index (χ0v) is 15.4. The van der Waals surface area contributed by atoms with Crippen molar-refractivity contribution in [3.05, 3.63) is 0 Å². The molecule has 0 spiro atoms. The van der Waals surface area contributed by atoms with Crippen LogP contribution in [0.25, 0.3) is 0 Å². The lowest BCUT2D eigenvalue weighted by Crippen LogP contribution is -2.52. The van der Waals surface area contributed by atoms with Crippen molar-refractivity contribution in [1.82, 2.24) is 0 Å². The van der Waals surface area contributed by atoms with Crippen molar-refractivity contribution in [2.45, 2.75) is 110 Å². The molecular formula is C20H36O3. The Morgan fingerprint density at radius 3 is 2.30 bits per heavy atom. The number of carbonyl (C=O) groups is 1. The van der Waals surface area contributed by atoms with Gasteiger partial charge in [-0.25, -0.2) is 9.78 Å². The topological polar surface area (TPSA) is 35.5 Å². The van der Waals surface area contributed by atoms with Crippen molar-refractivity contribution in [3.8, 4) is 0 Å². The highest BCUT2D eigenvalue weighted by Crippen LogP contribution is 2.44. The van der Waals surface area contributed by atoms with Gasteiger partial charge in [-0.15, -0.1) is 0 Å². The average Bonchev–Trinajstić information content (AvgIpc) is 2.54. The lowest BCUT2D eigenvalue weighted by molar-refractivity contribution is -0.429. The third-order valence-electron chi connectivity index (χ3n) is 6.03. The molecule has 2 aliphatic rings. The molecule has 2 rings (SSSR count). The van der Waals surface area contributed by atoms with Gasteiger partial charge in [0, 0.05) is 18.3 Å². The molecule has 1 saturated heterocycles. The molecule has 1 saturated carbocycles. The number of hydrogen-bond acceptors (Lipinski definition) is 3. The molecule has 0 N–H and O–H groups in total. The molecule has 4 atom stereocenters. The van der Waals surface area contributed by atoms with E-state index < -0.39 is 0 Å². The summed E-state index contributed by atoms with van der Waals surface area (Å²) in [5.41, 5.74) is -0.257. The van der Waals surface area contributed by atoms with Crippen LogP contribution in [0.3, 0.4) is 0 Å². The molecule has 1 aliphatic heterocycles. The molecule has 0 aromatic rings. The van der Waals surface area contributed by atoms with E-state index in [-0.39, 0.29) is 17.6 Å². The van der Waals surface area contributed by atoms with Crippen LogP contribution in [0.5, 0.6) is 0 Å². The van der Waals surface area contributed by atoms with E-state index in [1.54, 1.807) is 0 Å². The summed E-state index contributed by atoms with van der Waals surface area (Å²) in [5, 5.41) is 0. The maximum Gasteiger partial charge on any atom is 0.138 e. The van der Waals surface area contributed by atoms with E-state index in [1.807, 2.05) is 6.92 Å². The van der Waals surface area contributed by atoms with Crippen LogP contribution in [0.4, 0.5) is 0 Å². The average molecular weight is 325 g/mol. The number of unbranched alkanes of at least 4 members (excludes halogenated alkanes) is 8. The van der Waals surface area contributed by atoms with Gasteiger partial charge in [0.15, 0.2) is 0 Å². The van der Waals surface area contributed by atoms with Crippen LogP contribution in [0.15, 0.2) is 0 Å². The number of hydrogen-bond donors (Lipinski definition) is 0. The summed E-state index contributed by atoms with van der Waals surface area (Å²) in [4.78, 5) is 23.4. The second-order valence-corrected chi connectivity index (χ2v) is 8.00. The highest BCUT2D eigenvalue weighted by Gasteiger charge is 2.49. The van der Waals surface area contributed by atoms with Crippen LogP contribution >= 0.6 is 0 Å². The van der Waals surface area contributed by atoms with Gasteiger partial charge in [-0.3, -0.25) is 4.79 Å². The Hall–Kier alpha value is -0.410. The predicted molar refractivity (Wildman–Crippen MR) is 93.1 cm³/mol. The minimum atomic E-state index is -0.257. The fraction of sp³-hybridized carbons (Fsp3) is 0.950. The van der Waals surface area contributed by atoms with Crippen LogP contribution < -0.4 is 0 Å². The number of rotatable bonds is 10. The largest absolute Gasteiger partial charge is 0.299 e. The smallest absolute Gasteiger partial charge is 0.138 e. The number of fused-ring (bicyclic) bond motifs is 2. The maximum absolute atomic E-state index is 12.1. The second kappa shape index (κ2) is 9.17. The van der Waals surface area contributed by atoms with E-state index in [2.05, 4.69) is 13.8 Å². The first-order valence-corrected chi connectivity index (χ1v) is 9.94. The van der Waals surface area contributed by atoms with Crippen molar-refractivity contribution in [2.75, 3.05) is 0 Å². The first kappa shape index (κ1) is 18.9. The molecule has 2 fully saturated rings. The second-order valence-electron chi connectivity index (χ2n) is 8.00. The van der Waals surface area contributed by atoms with Gasteiger partial charge < -0.3 is 0 Å². The summed E-state index contributed by atoms with van der Waals surface area (Å²) in [7, 11) is 0. The van der Waals surface area contributed by atoms with Gasteiger partial charge in [0.1, 0.15) is 17.5 Å². The molecule has 1 aliphatic carbocycles. The van der Waals surface area contributed by atoms with E-state index in [0.717, 1.165) is 12.8 Å². The minimum Gasteiger partial charge on any atom is -0.299 e. The summed E-state index contributed by atoms with van der Waals surface area (Å²) in [5.74, 6) is 0.704. The van der Waals surface area contributed by atoms with Crippen LogP contribution in [-0.2, 0) is 14.6 Å². The Bertz CT molecular complexity index is 368. The highest BCUT2D eigenvalue weighted by atomic mass is 17.2. The molecule has 3 nitrogen and oxygen atoms in total. The SMILES string of the molecule is CCCCCCCCCCC[C@@]1(C)OO[C@H]2C[C@@H]1CC(=O)[C@H]2C. The summed E-state index contributed by atoms with van der Waals surface area (Å²) in [6.45, 7) is 6.37. The van der Waals surface area contributed by atoms with Gasteiger partial charge in [0.2, 0.25) is 0 Å². The molecule has 134 valence electrons. The minimum absolute atomic E-state index is 0.00325. The Morgan fingerprint density at radius 1 is 1.04 bits per heavy atom. The Labute approximate surface area is 142 Å². The van der Waals surface area contributed by atoms with E-state index in [1.165, 1.54) is 57.8 Å². The first-order chi connectivity index (χ1) is 11.1. The van der Waals surface area contributed by atoms with Gasteiger partial charge in [0.25, 0.3) is 0 Å². The Kier molecular flexibility index (Phi) is 7.55. The third kappa shape index (κ3) is 5.29. The van der Waals surface area contributed by atoms with E-state index in [4.69, 9.17) is 9.78 Å². The van der Waals surface area contributed by atoms with Crippen LogP contribution in [0.2, 0.25) is 0 Å². The summed E-state index contributed by atoms with van der Waals surface area (Å²) < 4.78 is 0. The van der Waals surface area contributed by atoms with Crippen molar-refractivity contribution in [3.63, 3.8) is 0 Å². The molecule has 23 heavy (non-hydrogen) atoms. The van der Waals surface area contributed by atoms with Crippen LogP contribution in [0.1, 0.15) is 97.8 Å². The summed E-state index contributed by atoms with van der Waals surface area (Å²) in [6.07, 6.45) is 14.7. The van der Waals surface area contributed by atoms with Crippen LogP contribution in [-0.4, -0.2) is 17.5 Å². The van der Waals surface area contributed by atoms with E-state index in [9.17, 15) is 4.79 Å². The Balaban J connectivity index is 1.61. The van der Waals surface area contributed by atoms with Crippen molar-refractivity contribution in [2.24, 2.45) is 11.8 Å². The monoisotopic (exact) mass is 324 g/mol. The zero-order valence-electron chi connectivity index (χ0n) is 15.4. The molecule has 3 heteroatoms. The van der Waals surface area contributed by atoms with Crippen LogP contribution in [0, 0.1) is 11.8 Å². The first-order valence-electron chi connectivity index (χ1n) is 9.94. The lowest BCUT2D eigenvalue weighted by Gasteiger charge is -2.47. The molecule has 2 bridgehead atoms. The van der Waals surface area contributed by atoms with E-state index in [0.29, 0.717) is 18.1 Å². The molecule has 0 aromatic carbocycles. The fourth-order valence-electron chi connectivity index (χ4n) is 4.06. The molecular weight excluding hydrogens is 288 g/mol. The quantitative estimate of drug-likeness (QED) is 0.387. The highest BCUT2D eigenvalue weighted by molar-refractivity contribution is 5.82. The molecule has 0 aromatic heterocycles. The third-order valence-corrected chi connectivity index (χ3v) is 6.03. The van der Waals surface area contributed by atoms with Gasteiger partial charge >= 0.3 is 0 Å². The van der Waals surface area contributed by atoms with Crippen molar-refractivity contribution in [1.29, 1.82) is 0 Å². The van der Waals surface area contributed by atoms with Gasteiger partial charge in [0.05, 0.1) is 0 Å². The Morgan fingerprint density at radius 2 is 1.65 bits per heavy atom. The van der Waals surface area contributed by atoms with Gasteiger partial charge in [-0.2, -0.15) is 0 Å². The number of Topliss-reactive ketones (excluding diaryl/α,β-unsaturated/α-hetero) is 1. The normalized spacial score (nSPS) is 33.9. The molecule has 0 radical (unpaired) electrons. The summed E-state index contributed by atoms with van der Waals surface area (Å²) in [6, 6.07) is 0. The lowest BCUT2D eigenvalue weighted by atomic mass is 9.70. The maximum atomic E-state index is 12.1. The zero-order chi connectivity index (χ0) is 16.7. The standard InChI is InChI=1S/C20H36O3/c1-4-5-6-7-8-9-10-11-12-13-20(3)17-14-18(21)16(2)19(15-17)22-23-20/h16-17,19H,4-15H2,1-3H3/t16-,17+,19+,20-/m1/s1.